The molecule has 3 N–H and O–H groups in total. The second-order valence-electron chi connectivity index (χ2n) is 3.65. The minimum Gasteiger partial charge on any atom is -0.493 e. The second-order valence-corrected chi connectivity index (χ2v) is 3.65. The summed E-state index contributed by atoms with van der Waals surface area (Å²) >= 11 is 0. The first-order chi connectivity index (χ1) is 9.02. The van der Waals surface area contributed by atoms with Crippen molar-refractivity contribution in [1.29, 1.82) is 0 Å². The maximum absolute atomic E-state index is 10.6. The van der Waals surface area contributed by atoms with E-state index in [-0.39, 0.29) is 13.0 Å². The fourth-order valence-electron chi connectivity index (χ4n) is 1.34. The summed E-state index contributed by atoms with van der Waals surface area (Å²) in [4.78, 5) is 21.0. The number of nitrogens with two attached hydrogens (primary N) is 1. The summed E-state index contributed by atoms with van der Waals surface area (Å²) in [5.41, 5.74) is 5.67. The van der Waals surface area contributed by atoms with Crippen LogP contribution in [0.3, 0.4) is 0 Å². The minimum atomic E-state index is -1.03. The van der Waals surface area contributed by atoms with Crippen LogP contribution in [0.15, 0.2) is 24.3 Å². The van der Waals surface area contributed by atoms with Gasteiger partial charge in [0.15, 0.2) is 11.5 Å². The molecule has 19 heavy (non-hydrogen) atoms. The molecule has 1 aromatic carbocycles. The van der Waals surface area contributed by atoms with Crippen LogP contribution < -0.4 is 15.2 Å². The molecule has 1 amide bonds. The van der Waals surface area contributed by atoms with E-state index in [9.17, 15) is 9.59 Å². The van der Waals surface area contributed by atoms with Crippen LogP contribution in [0.1, 0.15) is 12.0 Å². The Labute approximate surface area is 110 Å². The fourth-order valence-corrected chi connectivity index (χ4v) is 1.34. The standard InChI is InChI=1S/C13H15NO5/c1-18-11-8-9(3-5-13(16)17)2-4-10(11)19-7-6-12(14)15/h2-5,8H,6-7H2,1H3,(H2,14,15)(H,16,17)/b5-3+. The summed E-state index contributed by atoms with van der Waals surface area (Å²) in [7, 11) is 1.47. The second kappa shape index (κ2) is 7.05. The van der Waals surface area contributed by atoms with Gasteiger partial charge in [-0.15, -0.1) is 0 Å². The number of amides is 1. The molecule has 0 fully saturated rings. The van der Waals surface area contributed by atoms with Gasteiger partial charge in [0.25, 0.3) is 0 Å². The number of primary amides is 1. The van der Waals surface area contributed by atoms with Crippen LogP contribution in [-0.4, -0.2) is 30.7 Å². The van der Waals surface area contributed by atoms with Crippen LogP contribution in [-0.2, 0) is 9.59 Å². The molecule has 0 bridgehead atoms. The molecule has 0 aromatic heterocycles. The largest absolute Gasteiger partial charge is 0.493 e. The summed E-state index contributed by atoms with van der Waals surface area (Å²) in [6.07, 6.45) is 2.59. The first kappa shape index (κ1) is 14.6. The van der Waals surface area contributed by atoms with Gasteiger partial charge >= 0.3 is 5.97 Å². The van der Waals surface area contributed by atoms with Crippen molar-refractivity contribution in [3.8, 4) is 11.5 Å². The minimum absolute atomic E-state index is 0.115. The van der Waals surface area contributed by atoms with E-state index in [0.29, 0.717) is 17.1 Å². The maximum Gasteiger partial charge on any atom is 0.328 e. The average molecular weight is 265 g/mol. The van der Waals surface area contributed by atoms with Crippen LogP contribution >= 0.6 is 0 Å². The lowest BCUT2D eigenvalue weighted by Gasteiger charge is -2.10. The Kier molecular flexibility index (Phi) is 5.40. The van der Waals surface area contributed by atoms with E-state index >= 15 is 0 Å². The van der Waals surface area contributed by atoms with E-state index in [1.165, 1.54) is 13.2 Å². The quantitative estimate of drug-likeness (QED) is 0.718. The van der Waals surface area contributed by atoms with Crippen molar-refractivity contribution in [3.63, 3.8) is 0 Å². The van der Waals surface area contributed by atoms with Gasteiger partial charge in [-0.25, -0.2) is 4.79 Å². The molecule has 102 valence electrons. The van der Waals surface area contributed by atoms with E-state index in [2.05, 4.69) is 0 Å². The number of carbonyl (C=O) groups excluding carboxylic acids is 1. The maximum atomic E-state index is 10.6. The van der Waals surface area contributed by atoms with Gasteiger partial charge in [0.05, 0.1) is 20.1 Å². The van der Waals surface area contributed by atoms with Crippen molar-refractivity contribution in [2.45, 2.75) is 6.42 Å². The van der Waals surface area contributed by atoms with Crippen molar-refractivity contribution in [2.24, 2.45) is 5.73 Å². The molecule has 0 aliphatic carbocycles. The van der Waals surface area contributed by atoms with Crippen molar-refractivity contribution in [1.82, 2.24) is 0 Å². The Morgan fingerprint density at radius 3 is 2.68 bits per heavy atom. The summed E-state index contributed by atoms with van der Waals surface area (Å²) in [5, 5.41) is 8.54. The molecule has 0 aliphatic rings. The third kappa shape index (κ3) is 5.12. The first-order valence-corrected chi connectivity index (χ1v) is 5.53. The number of ether oxygens (including phenoxy) is 2. The lowest BCUT2D eigenvalue weighted by atomic mass is 10.2. The fraction of sp³-hybridized carbons (Fsp3) is 0.231. The predicted octanol–water partition coefficient (Wildman–Crippen LogP) is 1.05. The monoisotopic (exact) mass is 265 g/mol. The number of carboxylic acids is 1. The molecule has 0 aliphatic heterocycles. The highest BCUT2D eigenvalue weighted by Crippen LogP contribution is 2.28. The van der Waals surface area contributed by atoms with E-state index in [0.717, 1.165) is 6.08 Å². The van der Waals surface area contributed by atoms with Gasteiger partial charge < -0.3 is 20.3 Å². The van der Waals surface area contributed by atoms with Gasteiger partial charge in [-0.05, 0) is 23.8 Å². The molecule has 6 nitrogen and oxygen atoms in total. The van der Waals surface area contributed by atoms with Crippen LogP contribution in [0.5, 0.6) is 11.5 Å². The zero-order valence-corrected chi connectivity index (χ0v) is 10.5. The van der Waals surface area contributed by atoms with Crippen molar-refractivity contribution in [3.05, 3.63) is 29.8 Å². The highest BCUT2D eigenvalue weighted by atomic mass is 16.5. The van der Waals surface area contributed by atoms with Gasteiger partial charge in [0.2, 0.25) is 5.91 Å². The van der Waals surface area contributed by atoms with Crippen molar-refractivity contribution < 1.29 is 24.2 Å². The molecule has 1 rings (SSSR count). The Balaban J connectivity index is 2.78. The van der Waals surface area contributed by atoms with Crippen LogP contribution in [0.25, 0.3) is 6.08 Å². The number of benzene rings is 1. The summed E-state index contributed by atoms with van der Waals surface area (Å²) < 4.78 is 10.5. The molecule has 0 radical (unpaired) electrons. The zero-order chi connectivity index (χ0) is 14.3. The van der Waals surface area contributed by atoms with Crippen molar-refractivity contribution in [2.75, 3.05) is 13.7 Å². The lowest BCUT2D eigenvalue weighted by molar-refractivity contribution is -0.131. The van der Waals surface area contributed by atoms with Crippen LogP contribution in [0.2, 0.25) is 0 Å². The molecular formula is C13H15NO5. The SMILES string of the molecule is COc1cc(/C=C/C(=O)O)ccc1OCCC(N)=O. The van der Waals surface area contributed by atoms with E-state index in [4.69, 9.17) is 20.3 Å². The molecule has 0 atom stereocenters. The average Bonchev–Trinajstić information content (AvgIpc) is 2.36. The lowest BCUT2D eigenvalue weighted by Crippen LogP contribution is -2.14. The molecular weight excluding hydrogens is 250 g/mol. The Hall–Kier alpha value is -2.50. The Morgan fingerprint density at radius 1 is 1.37 bits per heavy atom. The molecule has 0 saturated carbocycles. The third-order valence-corrected chi connectivity index (χ3v) is 2.21. The summed E-state index contributed by atoms with van der Waals surface area (Å²) in [5.74, 6) is -0.547. The van der Waals surface area contributed by atoms with E-state index in [1.54, 1.807) is 18.2 Å². The number of hydrogen-bond donors (Lipinski definition) is 2. The van der Waals surface area contributed by atoms with Gasteiger partial charge in [0.1, 0.15) is 0 Å². The normalized spacial score (nSPS) is 10.4. The molecule has 0 spiro atoms. The molecule has 0 unspecified atom stereocenters. The number of rotatable bonds is 7. The molecule has 1 aromatic rings. The molecule has 0 heterocycles. The van der Waals surface area contributed by atoms with Crippen LogP contribution in [0, 0.1) is 0 Å². The third-order valence-electron chi connectivity index (χ3n) is 2.21. The van der Waals surface area contributed by atoms with E-state index in [1.807, 2.05) is 0 Å². The van der Waals surface area contributed by atoms with Crippen LogP contribution in [0.4, 0.5) is 0 Å². The zero-order valence-electron chi connectivity index (χ0n) is 10.5. The van der Waals surface area contributed by atoms with Gasteiger partial charge in [-0.3, -0.25) is 4.79 Å². The highest BCUT2D eigenvalue weighted by Gasteiger charge is 2.05. The number of methoxy groups -OCH3 is 1. The topological polar surface area (TPSA) is 98.8 Å². The molecule has 0 saturated heterocycles. The Bertz CT molecular complexity index is 496. The van der Waals surface area contributed by atoms with Gasteiger partial charge in [0, 0.05) is 6.08 Å². The van der Waals surface area contributed by atoms with Crippen molar-refractivity contribution >= 4 is 18.0 Å². The van der Waals surface area contributed by atoms with Gasteiger partial charge in [-0.1, -0.05) is 6.07 Å². The number of carboxylic acid groups (broad SMARTS) is 1. The summed E-state index contributed by atoms with van der Waals surface area (Å²) in [6, 6.07) is 4.96. The molecule has 6 heteroatoms. The predicted molar refractivity (Wildman–Crippen MR) is 69.0 cm³/mol. The van der Waals surface area contributed by atoms with Gasteiger partial charge in [-0.2, -0.15) is 0 Å². The van der Waals surface area contributed by atoms with E-state index < -0.39 is 11.9 Å². The smallest absolute Gasteiger partial charge is 0.328 e. The number of aliphatic carboxylic acids is 1. The number of hydrogen-bond acceptors (Lipinski definition) is 4. The number of carbonyl (C=O) groups is 2. The first-order valence-electron chi connectivity index (χ1n) is 5.53. The summed E-state index contributed by atoms with van der Waals surface area (Å²) in [6.45, 7) is 0.163. The Morgan fingerprint density at radius 2 is 2.11 bits per heavy atom. The highest BCUT2D eigenvalue weighted by molar-refractivity contribution is 5.85.